The molecule has 0 radical (unpaired) electrons. The molecular weight excluding hydrogens is 339 g/mol. The number of amides is 1. The van der Waals surface area contributed by atoms with Gasteiger partial charge in [-0.3, -0.25) is 15.6 Å². The number of hydrogen-bond donors (Lipinski definition) is 3. The summed E-state index contributed by atoms with van der Waals surface area (Å²) in [7, 11) is 0. The highest BCUT2D eigenvalue weighted by Crippen LogP contribution is 2.30. The molecule has 0 spiro atoms. The molecule has 24 heavy (non-hydrogen) atoms. The Balaban J connectivity index is 1.84. The van der Waals surface area contributed by atoms with Crippen molar-refractivity contribution in [1.82, 2.24) is 10.9 Å². The van der Waals surface area contributed by atoms with Gasteiger partial charge in [-0.1, -0.05) is 36.4 Å². The molecule has 2 aromatic carbocycles. The van der Waals surface area contributed by atoms with Gasteiger partial charge in [-0.2, -0.15) is 13.2 Å². The molecule has 0 atom stereocenters. The van der Waals surface area contributed by atoms with Crippen LogP contribution in [0.3, 0.4) is 0 Å². The Morgan fingerprint density at radius 3 is 2.38 bits per heavy atom. The lowest BCUT2D eigenvalue weighted by atomic mass is 10.1. The molecule has 1 amide bonds. The number of hydrazine groups is 1. The second-order valence-corrected chi connectivity index (χ2v) is 5.28. The van der Waals surface area contributed by atoms with E-state index in [4.69, 9.17) is 12.2 Å². The maximum absolute atomic E-state index is 12.6. The van der Waals surface area contributed by atoms with E-state index in [1.54, 1.807) is 12.1 Å². The first kappa shape index (κ1) is 17.7. The molecule has 3 N–H and O–H groups in total. The molecule has 0 unspecified atom stereocenters. The van der Waals surface area contributed by atoms with Crippen LogP contribution in [0.2, 0.25) is 0 Å². The van der Waals surface area contributed by atoms with Crippen LogP contribution < -0.4 is 16.2 Å². The Kier molecular flexibility index (Phi) is 5.75. The fourth-order valence-electron chi connectivity index (χ4n) is 1.89. The highest BCUT2D eigenvalue weighted by atomic mass is 32.1. The number of hydrogen-bond acceptors (Lipinski definition) is 2. The molecule has 0 aliphatic carbocycles. The van der Waals surface area contributed by atoms with Gasteiger partial charge in [0.2, 0.25) is 5.91 Å². The van der Waals surface area contributed by atoms with E-state index in [2.05, 4.69) is 16.2 Å². The summed E-state index contributed by atoms with van der Waals surface area (Å²) in [6.07, 6.45) is -4.28. The van der Waals surface area contributed by atoms with Crippen molar-refractivity contribution in [1.29, 1.82) is 0 Å². The van der Waals surface area contributed by atoms with Crippen LogP contribution in [0.1, 0.15) is 11.1 Å². The van der Waals surface area contributed by atoms with Crippen LogP contribution in [-0.2, 0) is 17.4 Å². The van der Waals surface area contributed by atoms with Gasteiger partial charge in [0.1, 0.15) is 0 Å². The zero-order valence-corrected chi connectivity index (χ0v) is 13.2. The van der Waals surface area contributed by atoms with Gasteiger partial charge in [0.05, 0.1) is 12.0 Å². The molecule has 126 valence electrons. The normalized spacial score (nSPS) is 10.8. The third-order valence-electron chi connectivity index (χ3n) is 2.97. The second kappa shape index (κ2) is 7.78. The van der Waals surface area contributed by atoms with E-state index in [-0.39, 0.29) is 23.1 Å². The fourth-order valence-corrected chi connectivity index (χ4v) is 2.06. The number of thiocarbonyl (C=S) groups is 1. The van der Waals surface area contributed by atoms with Gasteiger partial charge in [-0.25, -0.2) is 0 Å². The van der Waals surface area contributed by atoms with Gasteiger partial charge in [0, 0.05) is 5.69 Å². The number of benzene rings is 2. The highest BCUT2D eigenvalue weighted by Gasteiger charge is 2.30. The van der Waals surface area contributed by atoms with E-state index >= 15 is 0 Å². The van der Waals surface area contributed by atoms with Crippen molar-refractivity contribution in [2.45, 2.75) is 12.6 Å². The molecule has 0 heterocycles. The summed E-state index contributed by atoms with van der Waals surface area (Å²) >= 11 is 4.94. The monoisotopic (exact) mass is 353 g/mol. The first-order valence-corrected chi connectivity index (χ1v) is 7.32. The standard InChI is InChI=1S/C16H14F3N3OS/c17-16(18,19)12-7-4-8-13(10-12)20-15(24)22-21-14(23)9-11-5-2-1-3-6-11/h1-8,10H,9H2,(H,21,23)(H2,20,22,24). The summed E-state index contributed by atoms with van der Waals surface area (Å²) in [5.74, 6) is -0.325. The fraction of sp³-hybridized carbons (Fsp3) is 0.125. The maximum atomic E-state index is 12.6. The van der Waals surface area contributed by atoms with Crippen LogP contribution in [0.15, 0.2) is 54.6 Å². The topological polar surface area (TPSA) is 53.2 Å². The van der Waals surface area contributed by atoms with Gasteiger partial charge in [-0.05, 0) is 36.0 Å². The van der Waals surface area contributed by atoms with Gasteiger partial charge < -0.3 is 5.32 Å². The number of alkyl halides is 3. The van der Waals surface area contributed by atoms with E-state index < -0.39 is 11.7 Å². The summed E-state index contributed by atoms with van der Waals surface area (Å²) in [5, 5.41) is 2.56. The molecule has 2 rings (SSSR count). The van der Waals surface area contributed by atoms with Crippen molar-refractivity contribution in [2.75, 3.05) is 5.32 Å². The Morgan fingerprint density at radius 1 is 1.00 bits per heavy atom. The van der Waals surface area contributed by atoms with E-state index in [0.29, 0.717) is 0 Å². The molecule has 0 aliphatic heterocycles. The van der Waals surface area contributed by atoms with Crippen LogP contribution in [0, 0.1) is 0 Å². The average Bonchev–Trinajstić information content (AvgIpc) is 2.53. The van der Waals surface area contributed by atoms with Crippen molar-refractivity contribution in [2.24, 2.45) is 0 Å². The van der Waals surface area contributed by atoms with Gasteiger partial charge in [-0.15, -0.1) is 0 Å². The molecule has 0 fully saturated rings. The molecule has 0 bridgehead atoms. The maximum Gasteiger partial charge on any atom is 0.416 e. The molecule has 0 saturated heterocycles. The second-order valence-electron chi connectivity index (χ2n) is 4.87. The number of nitrogens with one attached hydrogen (secondary N) is 3. The number of rotatable bonds is 3. The van der Waals surface area contributed by atoms with Crippen molar-refractivity contribution in [3.05, 3.63) is 65.7 Å². The van der Waals surface area contributed by atoms with Crippen molar-refractivity contribution < 1.29 is 18.0 Å². The smallest absolute Gasteiger partial charge is 0.331 e. The molecule has 0 saturated carbocycles. The minimum atomic E-state index is -4.43. The third-order valence-corrected chi connectivity index (χ3v) is 3.17. The Bertz CT molecular complexity index is 720. The quantitative estimate of drug-likeness (QED) is 0.586. The zero-order valence-electron chi connectivity index (χ0n) is 12.4. The number of carbonyl (C=O) groups excluding carboxylic acids is 1. The van der Waals surface area contributed by atoms with Crippen molar-refractivity contribution in [3.63, 3.8) is 0 Å². The minimum Gasteiger partial charge on any atom is -0.331 e. The van der Waals surface area contributed by atoms with Crippen LogP contribution in [-0.4, -0.2) is 11.0 Å². The number of carbonyl (C=O) groups is 1. The lowest BCUT2D eigenvalue weighted by Crippen LogP contribution is -2.44. The van der Waals surface area contributed by atoms with Crippen LogP contribution in [0.4, 0.5) is 18.9 Å². The molecule has 0 aromatic heterocycles. The van der Waals surface area contributed by atoms with Gasteiger partial charge in [0.25, 0.3) is 0 Å². The molecule has 2 aromatic rings. The SMILES string of the molecule is O=C(Cc1ccccc1)NNC(=S)Nc1cccc(C(F)(F)F)c1. The number of anilines is 1. The Labute approximate surface area is 142 Å². The van der Waals surface area contributed by atoms with E-state index in [9.17, 15) is 18.0 Å². The summed E-state index contributed by atoms with van der Waals surface area (Å²) in [6, 6.07) is 13.7. The van der Waals surface area contributed by atoms with E-state index in [1.165, 1.54) is 12.1 Å². The highest BCUT2D eigenvalue weighted by molar-refractivity contribution is 7.80. The lowest BCUT2D eigenvalue weighted by molar-refractivity contribution is -0.137. The van der Waals surface area contributed by atoms with E-state index in [0.717, 1.165) is 17.7 Å². The molecule has 0 aliphatic rings. The summed E-state index contributed by atoms with van der Waals surface area (Å²) in [4.78, 5) is 11.7. The van der Waals surface area contributed by atoms with Crippen molar-refractivity contribution >= 4 is 28.9 Å². The lowest BCUT2D eigenvalue weighted by Gasteiger charge is -2.13. The predicted octanol–water partition coefficient (Wildman–Crippen LogP) is 3.27. The Morgan fingerprint density at radius 2 is 1.71 bits per heavy atom. The van der Waals surface area contributed by atoms with Crippen molar-refractivity contribution in [3.8, 4) is 0 Å². The van der Waals surface area contributed by atoms with Crippen LogP contribution in [0.5, 0.6) is 0 Å². The van der Waals surface area contributed by atoms with Gasteiger partial charge >= 0.3 is 6.18 Å². The van der Waals surface area contributed by atoms with Crippen LogP contribution >= 0.6 is 12.2 Å². The summed E-state index contributed by atoms with van der Waals surface area (Å²) in [6.45, 7) is 0. The molecule has 4 nitrogen and oxygen atoms in total. The van der Waals surface area contributed by atoms with Gasteiger partial charge in [0.15, 0.2) is 5.11 Å². The average molecular weight is 353 g/mol. The third kappa shape index (κ3) is 5.54. The molecule has 8 heteroatoms. The Hall–Kier alpha value is -2.61. The largest absolute Gasteiger partial charge is 0.416 e. The number of halogens is 3. The first-order valence-electron chi connectivity index (χ1n) is 6.91. The predicted molar refractivity (Wildman–Crippen MR) is 89.1 cm³/mol. The minimum absolute atomic E-state index is 0.0178. The van der Waals surface area contributed by atoms with Crippen LogP contribution in [0.25, 0.3) is 0 Å². The van der Waals surface area contributed by atoms with E-state index in [1.807, 2.05) is 18.2 Å². The zero-order chi connectivity index (χ0) is 17.6. The summed E-state index contributed by atoms with van der Waals surface area (Å²) in [5.41, 5.74) is 5.04. The first-order chi connectivity index (χ1) is 11.3. The summed E-state index contributed by atoms with van der Waals surface area (Å²) < 4.78 is 37.9. The molecular formula is C16H14F3N3OS.